The molecule has 0 aromatic heterocycles. The Kier molecular flexibility index (Phi) is 4.88. The lowest BCUT2D eigenvalue weighted by Crippen LogP contribution is -2.36. The van der Waals surface area contributed by atoms with Crippen molar-refractivity contribution >= 4 is 6.09 Å². The summed E-state index contributed by atoms with van der Waals surface area (Å²) < 4.78 is 5.18. The largest absolute Gasteiger partial charge is 0.447 e. The molecule has 88 valence electrons. The van der Waals surface area contributed by atoms with Crippen LogP contribution in [0.15, 0.2) is 0 Å². The molecule has 0 heterocycles. The minimum Gasteiger partial charge on any atom is -0.447 e. The Labute approximate surface area is 91.8 Å². The van der Waals surface area contributed by atoms with Gasteiger partial charge in [-0.05, 0) is 45.6 Å². The predicted molar refractivity (Wildman–Crippen MR) is 59.6 cm³/mol. The predicted octanol–water partition coefficient (Wildman–Crippen LogP) is 1.59. The van der Waals surface area contributed by atoms with E-state index in [1.54, 1.807) is 4.90 Å². The van der Waals surface area contributed by atoms with Crippen LogP contribution in [0.4, 0.5) is 4.79 Å². The minimum atomic E-state index is -0.189. The van der Waals surface area contributed by atoms with E-state index in [9.17, 15) is 4.79 Å². The molecule has 4 nitrogen and oxygen atoms in total. The molecule has 4 heteroatoms. The fourth-order valence-corrected chi connectivity index (χ4v) is 1.43. The van der Waals surface area contributed by atoms with Gasteiger partial charge in [-0.3, -0.25) is 0 Å². The summed E-state index contributed by atoms with van der Waals surface area (Å²) in [6.07, 6.45) is 3.10. The van der Waals surface area contributed by atoms with E-state index in [1.165, 1.54) is 12.8 Å². The van der Waals surface area contributed by atoms with Crippen molar-refractivity contribution in [3.63, 3.8) is 0 Å². The van der Waals surface area contributed by atoms with E-state index >= 15 is 0 Å². The maximum Gasteiger partial charge on any atom is 0.410 e. The van der Waals surface area contributed by atoms with Gasteiger partial charge in [0.15, 0.2) is 0 Å². The zero-order valence-electron chi connectivity index (χ0n) is 9.74. The van der Waals surface area contributed by atoms with E-state index in [2.05, 4.69) is 0 Å². The highest BCUT2D eigenvalue weighted by Crippen LogP contribution is 2.29. The molecule has 0 unspecified atom stereocenters. The molecule has 15 heavy (non-hydrogen) atoms. The van der Waals surface area contributed by atoms with Gasteiger partial charge >= 0.3 is 6.09 Å². The van der Waals surface area contributed by atoms with Crippen LogP contribution in [0.5, 0.6) is 0 Å². The Balaban J connectivity index is 2.34. The van der Waals surface area contributed by atoms with Crippen molar-refractivity contribution in [2.75, 3.05) is 19.6 Å². The van der Waals surface area contributed by atoms with Crippen LogP contribution in [0.1, 0.15) is 33.1 Å². The van der Waals surface area contributed by atoms with Gasteiger partial charge in [0, 0.05) is 13.1 Å². The summed E-state index contributed by atoms with van der Waals surface area (Å²) in [5, 5.41) is 0. The lowest BCUT2D eigenvalue weighted by Gasteiger charge is -2.23. The van der Waals surface area contributed by atoms with Crippen molar-refractivity contribution in [2.45, 2.75) is 39.2 Å². The number of amides is 1. The fraction of sp³-hybridized carbons (Fsp3) is 0.909. The minimum absolute atomic E-state index is 0.0444. The van der Waals surface area contributed by atoms with Gasteiger partial charge in [-0.15, -0.1) is 0 Å². The fourth-order valence-electron chi connectivity index (χ4n) is 1.43. The monoisotopic (exact) mass is 214 g/mol. The summed E-state index contributed by atoms with van der Waals surface area (Å²) in [5.74, 6) is 0.697. The molecule has 0 spiro atoms. The number of carbonyl (C=O) groups is 1. The highest BCUT2D eigenvalue weighted by molar-refractivity contribution is 5.67. The van der Waals surface area contributed by atoms with Crippen LogP contribution in [0, 0.1) is 5.92 Å². The van der Waals surface area contributed by atoms with Crippen molar-refractivity contribution in [3.05, 3.63) is 0 Å². The third kappa shape index (κ3) is 5.02. The quantitative estimate of drug-likeness (QED) is 0.730. The first-order chi connectivity index (χ1) is 7.13. The Morgan fingerprint density at radius 2 is 2.20 bits per heavy atom. The van der Waals surface area contributed by atoms with Crippen LogP contribution < -0.4 is 5.73 Å². The Morgan fingerprint density at radius 3 is 2.67 bits per heavy atom. The molecule has 0 aromatic carbocycles. The van der Waals surface area contributed by atoms with Gasteiger partial charge in [-0.2, -0.15) is 0 Å². The number of nitrogens with zero attached hydrogens (tertiary/aromatic N) is 1. The van der Waals surface area contributed by atoms with E-state index in [1.807, 2.05) is 13.8 Å². The molecule has 1 fully saturated rings. The molecule has 1 aliphatic rings. The van der Waals surface area contributed by atoms with Crippen LogP contribution in [-0.4, -0.2) is 36.7 Å². The maximum absolute atomic E-state index is 11.7. The highest BCUT2D eigenvalue weighted by Gasteiger charge is 2.27. The number of carbonyl (C=O) groups excluding carboxylic acids is 1. The van der Waals surface area contributed by atoms with Crippen LogP contribution in [-0.2, 0) is 4.74 Å². The van der Waals surface area contributed by atoms with E-state index in [0.717, 1.165) is 19.5 Å². The second-order valence-corrected chi connectivity index (χ2v) is 4.46. The van der Waals surface area contributed by atoms with Crippen LogP contribution in [0.3, 0.4) is 0 Å². The molecule has 1 amide bonds. The Bertz CT molecular complexity index is 203. The normalized spacial score (nSPS) is 15.5. The van der Waals surface area contributed by atoms with Gasteiger partial charge in [-0.1, -0.05) is 0 Å². The molecular formula is C11H22N2O2. The second-order valence-electron chi connectivity index (χ2n) is 4.46. The zero-order chi connectivity index (χ0) is 11.3. The van der Waals surface area contributed by atoms with Gasteiger partial charge in [0.25, 0.3) is 0 Å². The molecular weight excluding hydrogens is 192 g/mol. The van der Waals surface area contributed by atoms with Crippen LogP contribution in [0.2, 0.25) is 0 Å². The first kappa shape index (κ1) is 12.3. The summed E-state index contributed by atoms with van der Waals surface area (Å²) in [6, 6.07) is 0. The summed E-state index contributed by atoms with van der Waals surface area (Å²) in [4.78, 5) is 13.5. The molecule has 1 saturated carbocycles. The highest BCUT2D eigenvalue weighted by atomic mass is 16.6. The molecule has 0 saturated heterocycles. The van der Waals surface area contributed by atoms with Crippen molar-refractivity contribution in [1.82, 2.24) is 4.90 Å². The van der Waals surface area contributed by atoms with Crippen molar-refractivity contribution in [1.29, 1.82) is 0 Å². The smallest absolute Gasteiger partial charge is 0.410 e. The molecule has 0 radical (unpaired) electrons. The SMILES string of the molecule is CC(C)OC(=O)N(CCCN)CC1CC1. The summed E-state index contributed by atoms with van der Waals surface area (Å²) >= 11 is 0. The average Bonchev–Trinajstić information content (AvgIpc) is 2.94. The lowest BCUT2D eigenvalue weighted by molar-refractivity contribution is 0.0751. The van der Waals surface area contributed by atoms with Crippen molar-refractivity contribution in [2.24, 2.45) is 11.7 Å². The maximum atomic E-state index is 11.7. The first-order valence-electron chi connectivity index (χ1n) is 5.79. The number of hydrogen-bond acceptors (Lipinski definition) is 3. The second kappa shape index (κ2) is 5.95. The molecule has 1 rings (SSSR count). The third-order valence-electron chi connectivity index (χ3n) is 2.40. The van der Waals surface area contributed by atoms with Crippen molar-refractivity contribution in [3.8, 4) is 0 Å². The summed E-state index contributed by atoms with van der Waals surface area (Å²) in [5.41, 5.74) is 5.45. The van der Waals surface area contributed by atoms with E-state index in [-0.39, 0.29) is 12.2 Å². The standard InChI is InChI=1S/C11H22N2O2/c1-9(2)15-11(14)13(7-3-6-12)8-10-4-5-10/h9-10H,3-8,12H2,1-2H3. The number of nitrogens with two attached hydrogens (primary N) is 1. The molecule has 1 aliphatic carbocycles. The van der Waals surface area contributed by atoms with Crippen molar-refractivity contribution < 1.29 is 9.53 Å². The van der Waals surface area contributed by atoms with Gasteiger partial charge < -0.3 is 15.4 Å². The first-order valence-corrected chi connectivity index (χ1v) is 5.79. The topological polar surface area (TPSA) is 55.6 Å². The number of rotatable bonds is 6. The van der Waals surface area contributed by atoms with Gasteiger partial charge in [0.1, 0.15) is 0 Å². The lowest BCUT2D eigenvalue weighted by atomic mass is 10.3. The molecule has 0 atom stereocenters. The van der Waals surface area contributed by atoms with Gasteiger partial charge in [-0.25, -0.2) is 4.79 Å². The van der Waals surface area contributed by atoms with Gasteiger partial charge in [0.2, 0.25) is 0 Å². The Morgan fingerprint density at radius 1 is 1.53 bits per heavy atom. The van der Waals surface area contributed by atoms with Gasteiger partial charge in [0.05, 0.1) is 6.10 Å². The van der Waals surface area contributed by atoms with E-state index < -0.39 is 0 Å². The summed E-state index contributed by atoms with van der Waals surface area (Å²) in [6.45, 7) is 5.92. The molecule has 2 N–H and O–H groups in total. The number of hydrogen-bond donors (Lipinski definition) is 1. The Hall–Kier alpha value is -0.770. The molecule has 0 aromatic rings. The summed E-state index contributed by atoms with van der Waals surface area (Å²) in [7, 11) is 0. The average molecular weight is 214 g/mol. The number of ether oxygens (including phenoxy) is 1. The van der Waals surface area contributed by atoms with Crippen LogP contribution >= 0.6 is 0 Å². The van der Waals surface area contributed by atoms with Crippen LogP contribution in [0.25, 0.3) is 0 Å². The van der Waals surface area contributed by atoms with E-state index in [0.29, 0.717) is 12.5 Å². The third-order valence-corrected chi connectivity index (χ3v) is 2.40. The van der Waals surface area contributed by atoms with E-state index in [4.69, 9.17) is 10.5 Å². The molecule has 0 aliphatic heterocycles. The zero-order valence-corrected chi connectivity index (χ0v) is 9.74. The molecule has 0 bridgehead atoms.